The molecule has 0 saturated carbocycles. The molecule has 8 aromatic carbocycles. The van der Waals surface area contributed by atoms with Crippen molar-refractivity contribution in [3.05, 3.63) is 157 Å². The van der Waals surface area contributed by atoms with Crippen LogP contribution in [-0.4, -0.2) is 0 Å². The summed E-state index contributed by atoms with van der Waals surface area (Å²) in [4.78, 5) is 0. The van der Waals surface area contributed by atoms with Crippen molar-refractivity contribution in [1.82, 2.24) is 0 Å². The van der Waals surface area contributed by atoms with Crippen LogP contribution in [0.25, 0.3) is 85.9 Å². The summed E-state index contributed by atoms with van der Waals surface area (Å²) >= 11 is 1.95. The molecule has 1 heteroatoms. The highest BCUT2D eigenvalue weighted by Crippen LogP contribution is 2.47. The summed E-state index contributed by atoms with van der Waals surface area (Å²) in [5.41, 5.74) is 9.20. The van der Waals surface area contributed by atoms with Gasteiger partial charge in [0.2, 0.25) is 0 Å². The number of hydrogen-bond acceptors (Lipinski definition) is 1. The average molecular weight is 619 g/mol. The molecule has 0 aliphatic carbocycles. The molecular weight excluding hydrogens is 585 g/mol. The number of benzene rings is 8. The van der Waals surface area contributed by atoms with Gasteiger partial charge in [-0.05, 0) is 96.2 Å². The quantitative estimate of drug-likeness (QED) is 0.163. The molecule has 0 amide bonds. The van der Waals surface area contributed by atoms with Gasteiger partial charge in [-0.3, -0.25) is 0 Å². The fourth-order valence-corrected chi connectivity index (χ4v) is 8.97. The molecule has 0 spiro atoms. The summed E-state index contributed by atoms with van der Waals surface area (Å²) < 4.78 is 2.81. The number of aryl methyl sites for hydroxylation is 1. The van der Waals surface area contributed by atoms with E-state index in [0.717, 1.165) is 6.42 Å². The van der Waals surface area contributed by atoms with Gasteiger partial charge in [0.15, 0.2) is 0 Å². The van der Waals surface area contributed by atoms with Crippen molar-refractivity contribution in [2.24, 2.45) is 0 Å². The maximum atomic E-state index is 2.44. The van der Waals surface area contributed by atoms with E-state index in [9.17, 15) is 0 Å². The zero-order valence-corrected chi connectivity index (χ0v) is 27.3. The number of fused-ring (bicyclic) bond motifs is 6. The van der Waals surface area contributed by atoms with Crippen molar-refractivity contribution >= 4 is 63.8 Å². The molecule has 0 aliphatic heterocycles. The third-order valence-corrected chi connectivity index (χ3v) is 11.1. The van der Waals surface area contributed by atoms with E-state index < -0.39 is 0 Å². The fourth-order valence-electron chi connectivity index (χ4n) is 7.70. The van der Waals surface area contributed by atoms with Crippen molar-refractivity contribution < 1.29 is 0 Å². The lowest BCUT2D eigenvalue weighted by molar-refractivity contribution is 0.799. The van der Waals surface area contributed by atoms with Crippen molar-refractivity contribution in [2.45, 2.75) is 26.2 Å². The molecule has 0 fully saturated rings. The smallest absolute Gasteiger partial charge is 0.0387 e. The van der Waals surface area contributed by atoms with Gasteiger partial charge in [-0.1, -0.05) is 153 Å². The second kappa shape index (κ2) is 11.5. The lowest BCUT2D eigenvalue weighted by Crippen LogP contribution is -1.91. The summed E-state index contributed by atoms with van der Waals surface area (Å²) in [7, 11) is 0. The Labute approximate surface area is 279 Å². The van der Waals surface area contributed by atoms with Gasteiger partial charge in [0, 0.05) is 20.2 Å². The number of rotatable bonds is 6. The van der Waals surface area contributed by atoms with Crippen LogP contribution in [0.4, 0.5) is 0 Å². The third kappa shape index (κ3) is 4.57. The highest BCUT2D eigenvalue weighted by molar-refractivity contribution is 7.26. The molecule has 9 rings (SSSR count). The van der Waals surface area contributed by atoms with Crippen LogP contribution in [0, 0.1) is 0 Å². The monoisotopic (exact) mass is 618 g/mol. The summed E-state index contributed by atoms with van der Waals surface area (Å²) in [6.07, 6.45) is 3.58. The molecule has 0 radical (unpaired) electrons. The van der Waals surface area contributed by atoms with Crippen LogP contribution in [0.1, 0.15) is 25.3 Å². The largest absolute Gasteiger partial charge is 0.135 e. The van der Waals surface area contributed by atoms with Gasteiger partial charge in [0.25, 0.3) is 0 Å². The average Bonchev–Trinajstić information content (AvgIpc) is 3.53. The molecule has 0 atom stereocenters. The molecule has 1 heterocycles. The summed E-state index contributed by atoms with van der Waals surface area (Å²) in [6, 6.07) is 56.4. The van der Waals surface area contributed by atoms with Crippen LogP contribution in [-0.2, 0) is 6.42 Å². The maximum absolute atomic E-state index is 2.44. The van der Waals surface area contributed by atoms with Gasteiger partial charge in [0.1, 0.15) is 0 Å². The van der Waals surface area contributed by atoms with Crippen molar-refractivity contribution in [1.29, 1.82) is 0 Å². The molecule has 0 bridgehead atoms. The maximum Gasteiger partial charge on any atom is 0.0387 e. The van der Waals surface area contributed by atoms with Crippen molar-refractivity contribution in [3.63, 3.8) is 0 Å². The highest BCUT2D eigenvalue weighted by Gasteiger charge is 2.19. The Kier molecular flexibility index (Phi) is 6.87. The molecule has 0 N–H and O–H groups in total. The van der Waals surface area contributed by atoms with E-state index >= 15 is 0 Å². The molecule has 224 valence electrons. The topological polar surface area (TPSA) is 0 Å². The van der Waals surface area contributed by atoms with E-state index in [1.807, 2.05) is 11.3 Å². The number of unbranched alkanes of at least 4 members (excludes halogenated alkanes) is 1. The summed E-state index contributed by atoms with van der Waals surface area (Å²) in [5.74, 6) is 0. The minimum Gasteiger partial charge on any atom is -0.135 e. The van der Waals surface area contributed by atoms with Crippen LogP contribution in [0.5, 0.6) is 0 Å². The minimum absolute atomic E-state index is 1.14. The van der Waals surface area contributed by atoms with E-state index in [0.29, 0.717) is 0 Å². The Bertz CT molecular complexity index is 2550. The Morgan fingerprint density at radius 3 is 1.85 bits per heavy atom. The van der Waals surface area contributed by atoms with E-state index in [1.54, 1.807) is 0 Å². The van der Waals surface area contributed by atoms with E-state index in [2.05, 4.69) is 159 Å². The lowest BCUT2D eigenvalue weighted by Gasteiger charge is -2.19. The predicted molar refractivity (Wildman–Crippen MR) is 207 cm³/mol. The molecule has 0 unspecified atom stereocenters. The van der Waals surface area contributed by atoms with Gasteiger partial charge in [-0.15, -0.1) is 11.3 Å². The minimum atomic E-state index is 1.14. The van der Waals surface area contributed by atoms with Crippen LogP contribution in [0.15, 0.2) is 152 Å². The van der Waals surface area contributed by atoms with Crippen molar-refractivity contribution in [3.8, 4) is 33.4 Å². The Morgan fingerprint density at radius 2 is 1.11 bits per heavy atom. The molecule has 0 aliphatic rings. The second-order valence-electron chi connectivity index (χ2n) is 12.6. The van der Waals surface area contributed by atoms with Gasteiger partial charge < -0.3 is 0 Å². The van der Waals surface area contributed by atoms with Crippen LogP contribution < -0.4 is 0 Å². The van der Waals surface area contributed by atoms with Gasteiger partial charge in [0.05, 0.1) is 0 Å². The standard InChI is InChI=1S/C46H34S/c1-2-3-14-32-18-12-25-40-45-34(23-13-26-42(45)47-46(32)40)33-28-27-30-17-11-24-39(41(30)29-33)44-37-21-9-7-19-35(37)43(31-15-5-4-6-16-31)36-20-8-10-22-38(36)44/h4-13,15-29H,2-3,14H2,1H3. The van der Waals surface area contributed by atoms with E-state index in [-0.39, 0.29) is 0 Å². The zero-order chi connectivity index (χ0) is 31.3. The molecule has 0 nitrogen and oxygen atoms in total. The first kappa shape index (κ1) is 28.0. The Hall–Kier alpha value is -5.24. The van der Waals surface area contributed by atoms with Gasteiger partial charge in [-0.25, -0.2) is 0 Å². The van der Waals surface area contributed by atoms with Crippen LogP contribution in [0.2, 0.25) is 0 Å². The molecule has 1 aromatic heterocycles. The number of hydrogen-bond donors (Lipinski definition) is 0. The highest BCUT2D eigenvalue weighted by atomic mass is 32.1. The fraction of sp³-hybridized carbons (Fsp3) is 0.0870. The first-order valence-electron chi connectivity index (χ1n) is 16.8. The van der Waals surface area contributed by atoms with E-state index in [1.165, 1.54) is 104 Å². The van der Waals surface area contributed by atoms with Gasteiger partial charge in [-0.2, -0.15) is 0 Å². The first-order valence-corrected chi connectivity index (χ1v) is 17.6. The van der Waals surface area contributed by atoms with E-state index in [4.69, 9.17) is 0 Å². The van der Waals surface area contributed by atoms with Gasteiger partial charge >= 0.3 is 0 Å². The Morgan fingerprint density at radius 1 is 0.468 bits per heavy atom. The predicted octanol–water partition coefficient (Wildman–Crippen LogP) is 13.9. The van der Waals surface area contributed by atoms with Crippen molar-refractivity contribution in [2.75, 3.05) is 0 Å². The molecule has 47 heavy (non-hydrogen) atoms. The lowest BCUT2D eigenvalue weighted by atomic mass is 9.84. The zero-order valence-electron chi connectivity index (χ0n) is 26.5. The molecule has 0 saturated heterocycles. The van der Waals surface area contributed by atoms with Crippen LogP contribution >= 0.6 is 11.3 Å². The summed E-state index contributed by atoms with van der Waals surface area (Å²) in [5, 5.41) is 10.5. The Balaban J connectivity index is 1.32. The second-order valence-corrected chi connectivity index (χ2v) is 13.7. The summed E-state index contributed by atoms with van der Waals surface area (Å²) in [6.45, 7) is 2.28. The third-order valence-electron chi connectivity index (χ3n) is 9.86. The molecule has 9 aromatic rings. The molecular formula is C46H34S. The number of thiophene rings is 1. The van der Waals surface area contributed by atoms with Crippen LogP contribution in [0.3, 0.4) is 0 Å². The SMILES string of the molecule is CCCCc1cccc2c1sc1cccc(-c3ccc4cccc(-c5c6ccccc6c(-c6ccccc6)c6ccccc56)c4c3)c12. The first-order chi connectivity index (χ1) is 23.3. The normalized spacial score (nSPS) is 11.8.